The van der Waals surface area contributed by atoms with Crippen LogP contribution in [0.2, 0.25) is 0 Å². The van der Waals surface area contributed by atoms with Gasteiger partial charge in [0, 0.05) is 12.2 Å². The third-order valence-electron chi connectivity index (χ3n) is 3.78. The minimum Gasteiger partial charge on any atom is -0.325 e. The molecular formula is C18H21N3O4. The Kier molecular flexibility index (Phi) is 5.06. The van der Waals surface area contributed by atoms with Gasteiger partial charge in [-0.3, -0.25) is 19.3 Å². The lowest BCUT2D eigenvalue weighted by molar-refractivity contribution is -0.143. The predicted octanol–water partition coefficient (Wildman–Crippen LogP) is 1.90. The normalized spacial score (nSPS) is 14.9. The molecule has 5 amide bonds. The van der Waals surface area contributed by atoms with Crippen molar-refractivity contribution in [3.05, 3.63) is 42.5 Å². The maximum Gasteiger partial charge on any atom is 0.335 e. The van der Waals surface area contributed by atoms with E-state index in [1.54, 1.807) is 12.1 Å². The summed E-state index contributed by atoms with van der Waals surface area (Å²) in [6.07, 6.45) is 1.34. The monoisotopic (exact) mass is 343 g/mol. The van der Waals surface area contributed by atoms with Gasteiger partial charge in [-0.05, 0) is 23.1 Å². The smallest absolute Gasteiger partial charge is 0.325 e. The predicted molar refractivity (Wildman–Crippen MR) is 92.8 cm³/mol. The van der Waals surface area contributed by atoms with E-state index in [0.29, 0.717) is 10.6 Å². The maximum atomic E-state index is 12.1. The minimum absolute atomic E-state index is 0.00803. The molecule has 7 heteroatoms. The van der Waals surface area contributed by atoms with Crippen molar-refractivity contribution in [1.82, 2.24) is 9.80 Å². The number of hydrogen-bond acceptors (Lipinski definition) is 4. The Morgan fingerprint density at radius 1 is 1.08 bits per heavy atom. The molecule has 1 aliphatic rings. The van der Waals surface area contributed by atoms with E-state index in [1.165, 1.54) is 6.08 Å². The molecular weight excluding hydrogens is 322 g/mol. The quantitative estimate of drug-likeness (QED) is 0.502. The molecule has 1 N–H and O–H groups in total. The molecule has 0 aliphatic carbocycles. The lowest BCUT2D eigenvalue weighted by Crippen LogP contribution is -2.39. The number of imide groups is 2. The van der Waals surface area contributed by atoms with E-state index in [0.717, 1.165) is 10.5 Å². The third-order valence-corrected chi connectivity index (χ3v) is 3.78. The van der Waals surface area contributed by atoms with Crippen LogP contribution in [-0.4, -0.2) is 46.6 Å². The zero-order valence-corrected chi connectivity index (χ0v) is 14.5. The molecule has 7 nitrogen and oxygen atoms in total. The summed E-state index contributed by atoms with van der Waals surface area (Å²) >= 11 is 0. The topological polar surface area (TPSA) is 86.8 Å². The van der Waals surface area contributed by atoms with Crippen molar-refractivity contribution in [1.29, 1.82) is 0 Å². The van der Waals surface area contributed by atoms with Gasteiger partial charge in [0.25, 0.3) is 0 Å². The number of urea groups is 1. The third kappa shape index (κ3) is 3.93. The molecule has 1 aliphatic heterocycles. The van der Waals surface area contributed by atoms with E-state index in [1.807, 2.05) is 12.1 Å². The van der Waals surface area contributed by atoms with Crippen molar-refractivity contribution in [2.45, 2.75) is 26.2 Å². The molecule has 0 bridgehead atoms. The molecule has 1 fully saturated rings. The van der Waals surface area contributed by atoms with Crippen molar-refractivity contribution in [3.63, 3.8) is 0 Å². The van der Waals surface area contributed by atoms with E-state index in [2.05, 4.69) is 32.7 Å². The van der Waals surface area contributed by atoms with Crippen LogP contribution < -0.4 is 5.32 Å². The van der Waals surface area contributed by atoms with Crippen LogP contribution in [0.4, 0.5) is 10.5 Å². The lowest BCUT2D eigenvalue weighted by atomic mass is 9.87. The molecule has 0 spiro atoms. The second-order valence-electron chi connectivity index (χ2n) is 6.75. The largest absolute Gasteiger partial charge is 0.335 e. The summed E-state index contributed by atoms with van der Waals surface area (Å²) in [6.45, 7) is 9.08. The van der Waals surface area contributed by atoms with Gasteiger partial charge in [-0.25, -0.2) is 9.69 Å². The first-order chi connectivity index (χ1) is 11.6. The molecule has 132 valence electrons. The molecule has 0 unspecified atom stereocenters. The van der Waals surface area contributed by atoms with Crippen molar-refractivity contribution in [3.8, 4) is 0 Å². The first-order valence-electron chi connectivity index (χ1n) is 7.83. The Morgan fingerprint density at radius 2 is 1.64 bits per heavy atom. The molecule has 1 heterocycles. The van der Waals surface area contributed by atoms with E-state index in [9.17, 15) is 19.2 Å². The standard InChI is InChI=1S/C18H21N3O4/c1-5-10-20-15(23)16(24)21(17(20)25)11-14(22)19-13-8-6-12(7-9-13)18(2,3)4/h5-9H,1,10-11H2,2-4H3,(H,19,22). The second kappa shape index (κ2) is 6.88. The highest BCUT2D eigenvalue weighted by atomic mass is 16.2. The van der Waals surface area contributed by atoms with Crippen LogP contribution in [-0.2, 0) is 19.8 Å². The SMILES string of the molecule is C=CCN1C(=O)C(=O)N(CC(=O)Nc2ccc(C(C)(C)C)cc2)C1=O. The van der Waals surface area contributed by atoms with Gasteiger partial charge in [0.2, 0.25) is 5.91 Å². The number of carbonyl (C=O) groups is 4. The molecule has 2 rings (SSSR count). The van der Waals surface area contributed by atoms with Gasteiger partial charge in [-0.1, -0.05) is 39.0 Å². The number of hydrogen-bond donors (Lipinski definition) is 1. The molecule has 1 aromatic carbocycles. The van der Waals surface area contributed by atoms with Crippen molar-refractivity contribution in [2.24, 2.45) is 0 Å². The summed E-state index contributed by atoms with van der Waals surface area (Å²) in [7, 11) is 0. The van der Waals surface area contributed by atoms with Crippen LogP contribution in [0, 0.1) is 0 Å². The summed E-state index contributed by atoms with van der Waals surface area (Å²) < 4.78 is 0. The highest BCUT2D eigenvalue weighted by molar-refractivity contribution is 6.45. The maximum absolute atomic E-state index is 12.1. The van der Waals surface area contributed by atoms with Crippen LogP contribution in [0.15, 0.2) is 36.9 Å². The van der Waals surface area contributed by atoms with Crippen molar-refractivity contribution < 1.29 is 19.2 Å². The molecule has 1 saturated heterocycles. The highest BCUT2D eigenvalue weighted by Crippen LogP contribution is 2.23. The van der Waals surface area contributed by atoms with Gasteiger partial charge in [0.1, 0.15) is 6.54 Å². The van der Waals surface area contributed by atoms with Gasteiger partial charge >= 0.3 is 17.8 Å². The van der Waals surface area contributed by atoms with Crippen molar-refractivity contribution >= 4 is 29.4 Å². The van der Waals surface area contributed by atoms with E-state index >= 15 is 0 Å². The summed E-state index contributed by atoms with van der Waals surface area (Å²) in [5, 5.41) is 2.62. The average Bonchev–Trinajstić information content (AvgIpc) is 2.73. The van der Waals surface area contributed by atoms with Crippen LogP contribution in [0.5, 0.6) is 0 Å². The molecule has 1 aromatic rings. The molecule has 0 radical (unpaired) electrons. The lowest BCUT2D eigenvalue weighted by Gasteiger charge is -2.19. The Labute approximate surface area is 146 Å². The Balaban J connectivity index is 2.03. The summed E-state index contributed by atoms with van der Waals surface area (Å²) in [4.78, 5) is 49.1. The molecule has 0 atom stereocenters. The van der Waals surface area contributed by atoms with Gasteiger partial charge < -0.3 is 5.32 Å². The van der Waals surface area contributed by atoms with Crippen LogP contribution in [0.3, 0.4) is 0 Å². The van der Waals surface area contributed by atoms with Gasteiger partial charge in [-0.15, -0.1) is 6.58 Å². The van der Waals surface area contributed by atoms with E-state index in [4.69, 9.17) is 0 Å². The number of nitrogens with zero attached hydrogens (tertiary/aromatic N) is 2. The van der Waals surface area contributed by atoms with Gasteiger partial charge in [-0.2, -0.15) is 0 Å². The van der Waals surface area contributed by atoms with Gasteiger partial charge in [0.15, 0.2) is 0 Å². The van der Waals surface area contributed by atoms with Gasteiger partial charge in [0.05, 0.1) is 0 Å². The Morgan fingerprint density at radius 3 is 2.16 bits per heavy atom. The average molecular weight is 343 g/mol. The van der Waals surface area contributed by atoms with E-state index < -0.39 is 30.3 Å². The zero-order valence-electron chi connectivity index (χ0n) is 14.5. The first-order valence-corrected chi connectivity index (χ1v) is 7.83. The number of nitrogens with one attached hydrogen (secondary N) is 1. The highest BCUT2D eigenvalue weighted by Gasteiger charge is 2.44. The van der Waals surface area contributed by atoms with Crippen LogP contribution in [0.1, 0.15) is 26.3 Å². The fourth-order valence-electron chi connectivity index (χ4n) is 2.38. The fourth-order valence-corrected chi connectivity index (χ4v) is 2.38. The summed E-state index contributed by atoms with van der Waals surface area (Å²) in [5.41, 5.74) is 1.65. The second-order valence-corrected chi connectivity index (χ2v) is 6.75. The number of carbonyl (C=O) groups excluding carboxylic acids is 4. The van der Waals surface area contributed by atoms with Crippen molar-refractivity contribution in [2.75, 3.05) is 18.4 Å². The summed E-state index contributed by atoms with van der Waals surface area (Å²) in [6, 6.07) is 6.49. The number of anilines is 1. The first kappa shape index (κ1) is 18.4. The zero-order chi connectivity index (χ0) is 18.8. The number of benzene rings is 1. The minimum atomic E-state index is -1.01. The van der Waals surface area contributed by atoms with Crippen LogP contribution in [0.25, 0.3) is 0 Å². The Hall–Kier alpha value is -2.96. The molecule has 0 saturated carbocycles. The van der Waals surface area contributed by atoms with Crippen LogP contribution >= 0.6 is 0 Å². The van der Waals surface area contributed by atoms with E-state index in [-0.39, 0.29) is 12.0 Å². The fraction of sp³-hybridized carbons (Fsp3) is 0.333. The Bertz CT molecular complexity index is 732. The molecule has 0 aromatic heterocycles. The number of amides is 5. The number of rotatable bonds is 5. The molecule has 25 heavy (non-hydrogen) atoms. The summed E-state index contributed by atoms with van der Waals surface area (Å²) in [5.74, 6) is -2.52.